The van der Waals surface area contributed by atoms with Gasteiger partial charge in [0.25, 0.3) is 0 Å². The molecule has 4 rings (SSSR count). The Balaban J connectivity index is 1.60. The molecule has 0 atom stereocenters. The van der Waals surface area contributed by atoms with Crippen molar-refractivity contribution in [3.63, 3.8) is 0 Å². The van der Waals surface area contributed by atoms with E-state index in [9.17, 15) is 5.26 Å². The molecule has 2 fully saturated rings. The Morgan fingerprint density at radius 1 is 1.17 bits per heavy atom. The highest BCUT2D eigenvalue weighted by Crippen LogP contribution is 2.36. The van der Waals surface area contributed by atoms with Gasteiger partial charge in [-0.3, -0.25) is 0 Å². The molecule has 2 aromatic rings. The zero-order chi connectivity index (χ0) is 20.2. The molecular weight excluding hydrogens is 364 g/mol. The molecule has 1 aromatic heterocycles. The van der Waals surface area contributed by atoms with E-state index >= 15 is 0 Å². The van der Waals surface area contributed by atoms with Crippen molar-refractivity contribution in [1.29, 1.82) is 5.26 Å². The van der Waals surface area contributed by atoms with Gasteiger partial charge in [0.15, 0.2) is 11.6 Å². The number of anilines is 3. The number of aromatic nitrogens is 2. The molecule has 0 amide bonds. The number of nitrogens with zero attached hydrogens (tertiary/aromatic N) is 5. The van der Waals surface area contributed by atoms with E-state index in [0.717, 1.165) is 38.8 Å². The maximum atomic E-state index is 9.93. The molecule has 152 valence electrons. The van der Waals surface area contributed by atoms with Gasteiger partial charge >= 0.3 is 0 Å². The van der Waals surface area contributed by atoms with Gasteiger partial charge < -0.3 is 20.2 Å². The maximum absolute atomic E-state index is 9.93. The summed E-state index contributed by atoms with van der Waals surface area (Å²) in [6, 6.07) is 13.5. The van der Waals surface area contributed by atoms with Gasteiger partial charge in [-0.05, 0) is 37.2 Å². The van der Waals surface area contributed by atoms with Crippen molar-refractivity contribution in [2.45, 2.75) is 37.6 Å². The molecule has 2 heterocycles. The second-order valence-corrected chi connectivity index (χ2v) is 7.85. The lowest BCUT2D eigenvalue weighted by atomic mass is 9.89. The first-order valence-corrected chi connectivity index (χ1v) is 10.4. The van der Waals surface area contributed by atoms with Gasteiger partial charge in [0.2, 0.25) is 5.95 Å². The average molecular weight is 393 g/mol. The van der Waals surface area contributed by atoms with Crippen LogP contribution in [0, 0.1) is 11.3 Å². The van der Waals surface area contributed by atoms with Crippen LogP contribution in [0.5, 0.6) is 0 Å². The third-order valence-electron chi connectivity index (χ3n) is 5.87. The van der Waals surface area contributed by atoms with Crippen LogP contribution in [0.4, 0.5) is 17.6 Å². The number of rotatable bonds is 7. The molecule has 1 saturated heterocycles. The van der Waals surface area contributed by atoms with Crippen molar-refractivity contribution in [2.24, 2.45) is 0 Å². The van der Waals surface area contributed by atoms with Crippen LogP contribution in [0.25, 0.3) is 0 Å². The van der Waals surface area contributed by atoms with Crippen LogP contribution >= 0.6 is 0 Å². The number of aliphatic hydroxyl groups excluding tert-OH is 1. The van der Waals surface area contributed by atoms with Crippen LogP contribution < -0.4 is 15.1 Å². The lowest BCUT2D eigenvalue weighted by Crippen LogP contribution is -2.35. The molecule has 29 heavy (non-hydrogen) atoms. The van der Waals surface area contributed by atoms with Gasteiger partial charge in [0.05, 0.1) is 6.61 Å². The minimum absolute atomic E-state index is 0.00889. The van der Waals surface area contributed by atoms with Gasteiger partial charge in [-0.1, -0.05) is 30.3 Å². The summed E-state index contributed by atoms with van der Waals surface area (Å²) in [7, 11) is 2.00. The summed E-state index contributed by atoms with van der Waals surface area (Å²) in [5, 5.41) is 22.2. The van der Waals surface area contributed by atoms with Crippen molar-refractivity contribution in [2.75, 3.05) is 48.4 Å². The zero-order valence-electron chi connectivity index (χ0n) is 16.9. The summed E-state index contributed by atoms with van der Waals surface area (Å²) in [6.45, 7) is 2.11. The van der Waals surface area contributed by atoms with Crippen LogP contribution in [0.2, 0.25) is 0 Å². The van der Waals surface area contributed by atoms with E-state index in [2.05, 4.69) is 61.5 Å². The van der Waals surface area contributed by atoms with E-state index in [1.807, 2.05) is 7.05 Å². The lowest BCUT2D eigenvalue weighted by Gasteiger charge is -2.34. The first-order chi connectivity index (χ1) is 14.2. The molecule has 7 heteroatoms. The van der Waals surface area contributed by atoms with Crippen molar-refractivity contribution >= 4 is 17.6 Å². The minimum Gasteiger partial charge on any atom is -0.395 e. The number of hydrogen-bond donors (Lipinski definition) is 2. The summed E-state index contributed by atoms with van der Waals surface area (Å²) < 4.78 is 0. The zero-order valence-corrected chi connectivity index (χ0v) is 16.9. The number of nitriles is 1. The Hall–Kier alpha value is -2.85. The van der Waals surface area contributed by atoms with Gasteiger partial charge in [-0.2, -0.15) is 15.2 Å². The monoisotopic (exact) mass is 392 g/mol. The van der Waals surface area contributed by atoms with E-state index in [0.29, 0.717) is 41.7 Å². The van der Waals surface area contributed by atoms with Crippen molar-refractivity contribution in [3.8, 4) is 6.07 Å². The summed E-state index contributed by atoms with van der Waals surface area (Å²) in [4.78, 5) is 13.6. The van der Waals surface area contributed by atoms with Crippen molar-refractivity contribution in [1.82, 2.24) is 9.97 Å². The highest BCUT2D eigenvalue weighted by molar-refractivity contribution is 5.69. The van der Waals surface area contributed by atoms with Gasteiger partial charge in [-0.15, -0.1) is 0 Å². The number of piperidine rings is 1. The molecule has 0 unspecified atom stereocenters. The maximum Gasteiger partial charge on any atom is 0.226 e. The first-order valence-electron chi connectivity index (χ1n) is 10.4. The summed E-state index contributed by atoms with van der Waals surface area (Å²) in [6.07, 6.45) is 4.32. The number of aliphatic hydroxyl groups is 1. The summed E-state index contributed by atoms with van der Waals surface area (Å²) >= 11 is 0. The molecule has 2 aliphatic rings. The predicted octanol–water partition coefficient (Wildman–Crippen LogP) is 2.74. The topological polar surface area (TPSA) is 88.3 Å². The Bertz CT molecular complexity index is 869. The fourth-order valence-corrected chi connectivity index (χ4v) is 4.05. The molecule has 2 N–H and O–H groups in total. The second-order valence-electron chi connectivity index (χ2n) is 7.85. The molecule has 0 spiro atoms. The van der Waals surface area contributed by atoms with Crippen LogP contribution in [0.3, 0.4) is 0 Å². The van der Waals surface area contributed by atoms with Crippen LogP contribution in [-0.2, 0) is 0 Å². The molecule has 0 bridgehead atoms. The van der Waals surface area contributed by atoms with Crippen LogP contribution in [0.15, 0.2) is 30.3 Å². The smallest absolute Gasteiger partial charge is 0.226 e. The SMILES string of the molecule is CN(c1nc(NCCO)nc(N2CCC(c3ccccc3)CC2)c1C#N)C1CC1. The Kier molecular flexibility index (Phi) is 5.81. The van der Waals surface area contributed by atoms with Gasteiger partial charge in [0, 0.05) is 32.7 Å². The van der Waals surface area contributed by atoms with Crippen LogP contribution in [0.1, 0.15) is 42.7 Å². The van der Waals surface area contributed by atoms with E-state index in [-0.39, 0.29) is 6.61 Å². The second kappa shape index (κ2) is 8.66. The average Bonchev–Trinajstić information content (AvgIpc) is 3.63. The van der Waals surface area contributed by atoms with Crippen molar-refractivity contribution < 1.29 is 5.11 Å². The largest absolute Gasteiger partial charge is 0.395 e. The van der Waals surface area contributed by atoms with Crippen molar-refractivity contribution in [3.05, 3.63) is 41.5 Å². The summed E-state index contributed by atoms with van der Waals surface area (Å²) in [5.41, 5.74) is 1.93. The van der Waals surface area contributed by atoms with Gasteiger partial charge in [0.1, 0.15) is 11.6 Å². The standard InChI is InChI=1S/C22H28N6O/c1-27(18-7-8-18)20-19(15-23)21(26-22(25-20)24-11-14-29)28-12-9-17(10-13-28)16-5-3-2-4-6-16/h2-6,17-18,29H,7-14H2,1H3,(H,24,25,26). The highest BCUT2D eigenvalue weighted by Gasteiger charge is 2.32. The van der Waals surface area contributed by atoms with E-state index in [1.165, 1.54) is 5.56 Å². The fourth-order valence-electron chi connectivity index (χ4n) is 4.05. The lowest BCUT2D eigenvalue weighted by molar-refractivity contribution is 0.311. The Morgan fingerprint density at radius 3 is 2.52 bits per heavy atom. The van der Waals surface area contributed by atoms with E-state index in [4.69, 9.17) is 5.11 Å². The number of nitrogens with one attached hydrogen (secondary N) is 1. The molecule has 0 radical (unpaired) electrons. The molecule has 1 aliphatic carbocycles. The fraction of sp³-hybridized carbons (Fsp3) is 0.500. The Morgan fingerprint density at radius 2 is 1.90 bits per heavy atom. The van der Waals surface area contributed by atoms with E-state index < -0.39 is 0 Å². The minimum atomic E-state index is 0.00889. The first kappa shape index (κ1) is 19.5. The molecule has 1 aliphatic heterocycles. The molecular formula is C22H28N6O. The normalized spacial score (nSPS) is 17.1. The Labute approximate surface area is 172 Å². The van der Waals surface area contributed by atoms with E-state index in [1.54, 1.807) is 0 Å². The third kappa shape index (κ3) is 4.28. The molecule has 1 saturated carbocycles. The quantitative estimate of drug-likeness (QED) is 0.749. The van der Waals surface area contributed by atoms with Crippen LogP contribution in [-0.4, -0.2) is 54.4 Å². The third-order valence-corrected chi connectivity index (χ3v) is 5.87. The molecule has 7 nitrogen and oxygen atoms in total. The predicted molar refractivity (Wildman–Crippen MR) is 114 cm³/mol. The highest BCUT2D eigenvalue weighted by atomic mass is 16.3. The summed E-state index contributed by atoms with van der Waals surface area (Å²) in [5.74, 6) is 2.41. The molecule has 1 aromatic carbocycles. The van der Waals surface area contributed by atoms with Gasteiger partial charge in [-0.25, -0.2) is 0 Å². The number of benzene rings is 1. The number of hydrogen-bond acceptors (Lipinski definition) is 7.